The summed E-state index contributed by atoms with van der Waals surface area (Å²) in [4.78, 5) is 27.8. The van der Waals surface area contributed by atoms with E-state index in [2.05, 4.69) is 71.2 Å². The topological polar surface area (TPSA) is 64.6 Å². The monoisotopic (exact) mass is 396 g/mol. The zero-order valence-electron chi connectivity index (χ0n) is 18.0. The minimum atomic E-state index is 0.00442. The van der Waals surface area contributed by atoms with Crippen molar-refractivity contribution in [3.8, 4) is 0 Å². The summed E-state index contributed by atoms with van der Waals surface area (Å²) >= 11 is 0. The number of hydrogen-bond acceptors (Lipinski definition) is 6. The van der Waals surface area contributed by atoms with Gasteiger partial charge in [0.05, 0.1) is 5.56 Å². The minimum Gasteiger partial charge on any atom is -0.368 e. The van der Waals surface area contributed by atoms with Crippen LogP contribution in [0.3, 0.4) is 0 Å². The second kappa shape index (κ2) is 9.69. The summed E-state index contributed by atoms with van der Waals surface area (Å²) < 4.78 is 0. The standard InChI is InChI=1S/C22H32N6O/c1-17-7-5-8-20(18(17)2)27-11-13-28(14-12-27)21(29)19-15-24-22(25-16-19)23-9-6-10-26(3)4/h5,7-8,15-16H,6,9-14H2,1-4H3,(H,23,24,25). The summed E-state index contributed by atoms with van der Waals surface area (Å²) in [5.41, 5.74) is 4.43. The van der Waals surface area contributed by atoms with Crippen LogP contribution in [-0.2, 0) is 0 Å². The van der Waals surface area contributed by atoms with E-state index in [1.807, 2.05) is 4.90 Å². The summed E-state index contributed by atoms with van der Waals surface area (Å²) in [6.45, 7) is 9.21. The van der Waals surface area contributed by atoms with Gasteiger partial charge in [-0.3, -0.25) is 4.79 Å². The second-order valence-electron chi connectivity index (χ2n) is 7.88. The maximum Gasteiger partial charge on any atom is 0.257 e. The number of rotatable bonds is 7. The molecule has 0 bridgehead atoms. The third kappa shape index (κ3) is 5.44. The molecule has 1 saturated heterocycles. The lowest BCUT2D eigenvalue weighted by molar-refractivity contribution is 0.0746. The fourth-order valence-electron chi connectivity index (χ4n) is 3.54. The Hall–Kier alpha value is -2.67. The third-order valence-corrected chi connectivity index (χ3v) is 5.45. The van der Waals surface area contributed by atoms with Crippen LogP contribution in [-0.4, -0.2) is 79.0 Å². The zero-order valence-corrected chi connectivity index (χ0v) is 18.0. The first kappa shape index (κ1) is 21.0. The first-order chi connectivity index (χ1) is 14.0. The summed E-state index contributed by atoms with van der Waals surface area (Å²) in [5.74, 6) is 0.574. The van der Waals surface area contributed by atoms with Crippen LogP contribution in [0.5, 0.6) is 0 Å². The zero-order chi connectivity index (χ0) is 20.8. The Bertz CT molecular complexity index is 813. The van der Waals surface area contributed by atoms with Crippen LogP contribution in [0.2, 0.25) is 0 Å². The maximum atomic E-state index is 12.8. The van der Waals surface area contributed by atoms with Crippen molar-refractivity contribution in [1.29, 1.82) is 0 Å². The number of piperazine rings is 1. The Morgan fingerprint density at radius 2 is 1.79 bits per heavy atom. The molecule has 0 spiro atoms. The van der Waals surface area contributed by atoms with Crippen molar-refractivity contribution in [2.45, 2.75) is 20.3 Å². The Balaban J connectivity index is 1.52. The van der Waals surface area contributed by atoms with Gasteiger partial charge in [-0.25, -0.2) is 9.97 Å². The number of carbonyl (C=O) groups excluding carboxylic acids is 1. The molecule has 0 unspecified atom stereocenters. The lowest BCUT2D eigenvalue weighted by Crippen LogP contribution is -2.49. The average Bonchev–Trinajstić information content (AvgIpc) is 2.73. The predicted molar refractivity (Wildman–Crippen MR) is 118 cm³/mol. The molecule has 0 saturated carbocycles. The number of aryl methyl sites for hydroxylation is 1. The van der Waals surface area contributed by atoms with Crippen molar-refractivity contribution in [3.63, 3.8) is 0 Å². The summed E-state index contributed by atoms with van der Waals surface area (Å²) in [6, 6.07) is 6.40. The number of amides is 1. The fraction of sp³-hybridized carbons (Fsp3) is 0.500. The van der Waals surface area contributed by atoms with Gasteiger partial charge in [-0.2, -0.15) is 0 Å². The first-order valence-electron chi connectivity index (χ1n) is 10.3. The second-order valence-corrected chi connectivity index (χ2v) is 7.88. The molecule has 0 aliphatic carbocycles. The highest BCUT2D eigenvalue weighted by Gasteiger charge is 2.23. The highest BCUT2D eigenvalue weighted by Crippen LogP contribution is 2.24. The van der Waals surface area contributed by atoms with E-state index >= 15 is 0 Å². The van der Waals surface area contributed by atoms with Crippen LogP contribution in [0.4, 0.5) is 11.6 Å². The molecule has 0 atom stereocenters. The molecule has 1 aliphatic heterocycles. The fourth-order valence-corrected chi connectivity index (χ4v) is 3.54. The number of aromatic nitrogens is 2. The van der Waals surface area contributed by atoms with Crippen LogP contribution in [0.1, 0.15) is 27.9 Å². The van der Waals surface area contributed by atoms with E-state index in [-0.39, 0.29) is 5.91 Å². The molecule has 156 valence electrons. The van der Waals surface area contributed by atoms with E-state index in [0.29, 0.717) is 24.6 Å². The molecule has 1 aromatic carbocycles. The molecule has 1 amide bonds. The van der Waals surface area contributed by atoms with Gasteiger partial charge >= 0.3 is 0 Å². The van der Waals surface area contributed by atoms with Gasteiger partial charge in [0.25, 0.3) is 5.91 Å². The van der Waals surface area contributed by atoms with E-state index in [4.69, 9.17) is 0 Å². The number of hydrogen-bond donors (Lipinski definition) is 1. The van der Waals surface area contributed by atoms with E-state index < -0.39 is 0 Å². The van der Waals surface area contributed by atoms with E-state index in [9.17, 15) is 4.79 Å². The van der Waals surface area contributed by atoms with Crippen molar-refractivity contribution >= 4 is 17.5 Å². The molecular weight excluding hydrogens is 364 g/mol. The summed E-state index contributed by atoms with van der Waals surface area (Å²) in [7, 11) is 4.11. The van der Waals surface area contributed by atoms with Gasteiger partial charge < -0.3 is 20.0 Å². The third-order valence-electron chi connectivity index (χ3n) is 5.45. The Morgan fingerprint density at radius 3 is 2.45 bits per heavy atom. The molecule has 7 heteroatoms. The molecule has 1 aromatic heterocycles. The van der Waals surface area contributed by atoms with E-state index in [1.165, 1.54) is 16.8 Å². The number of anilines is 2. The van der Waals surface area contributed by atoms with Gasteiger partial charge in [-0.05, 0) is 58.1 Å². The SMILES string of the molecule is Cc1cccc(N2CCN(C(=O)c3cnc(NCCCN(C)C)nc3)CC2)c1C. The molecular formula is C22H32N6O. The lowest BCUT2D eigenvalue weighted by Gasteiger charge is -2.37. The quantitative estimate of drug-likeness (QED) is 0.725. The van der Waals surface area contributed by atoms with Crippen LogP contribution < -0.4 is 10.2 Å². The van der Waals surface area contributed by atoms with Gasteiger partial charge in [0.15, 0.2) is 0 Å². The Labute approximate surface area is 173 Å². The number of nitrogens with zero attached hydrogens (tertiary/aromatic N) is 5. The van der Waals surface area contributed by atoms with Gasteiger partial charge in [0.2, 0.25) is 5.95 Å². The highest BCUT2D eigenvalue weighted by atomic mass is 16.2. The van der Waals surface area contributed by atoms with Crippen molar-refractivity contribution in [3.05, 3.63) is 47.3 Å². The Morgan fingerprint density at radius 1 is 1.10 bits per heavy atom. The summed E-state index contributed by atoms with van der Waals surface area (Å²) in [6.07, 6.45) is 4.27. The van der Waals surface area contributed by atoms with Gasteiger partial charge in [-0.1, -0.05) is 12.1 Å². The van der Waals surface area contributed by atoms with E-state index in [1.54, 1.807) is 12.4 Å². The predicted octanol–water partition coefficient (Wildman–Crippen LogP) is 2.42. The van der Waals surface area contributed by atoms with Crippen LogP contribution in [0.15, 0.2) is 30.6 Å². The number of carbonyl (C=O) groups is 1. The lowest BCUT2D eigenvalue weighted by atomic mass is 10.1. The smallest absolute Gasteiger partial charge is 0.257 e. The molecule has 0 radical (unpaired) electrons. The first-order valence-corrected chi connectivity index (χ1v) is 10.3. The van der Waals surface area contributed by atoms with Crippen molar-refractivity contribution in [1.82, 2.24) is 19.8 Å². The van der Waals surface area contributed by atoms with Gasteiger partial charge in [0, 0.05) is 50.8 Å². The average molecular weight is 397 g/mol. The maximum absolute atomic E-state index is 12.8. The van der Waals surface area contributed by atoms with Crippen molar-refractivity contribution in [2.75, 3.05) is 63.6 Å². The molecule has 7 nitrogen and oxygen atoms in total. The van der Waals surface area contributed by atoms with Crippen LogP contribution in [0.25, 0.3) is 0 Å². The van der Waals surface area contributed by atoms with Gasteiger partial charge in [-0.15, -0.1) is 0 Å². The molecule has 29 heavy (non-hydrogen) atoms. The van der Waals surface area contributed by atoms with Crippen molar-refractivity contribution < 1.29 is 4.79 Å². The molecule has 1 aliphatic rings. The number of benzene rings is 1. The Kier molecular flexibility index (Phi) is 7.04. The molecule has 1 N–H and O–H groups in total. The normalized spacial score (nSPS) is 14.4. The van der Waals surface area contributed by atoms with Crippen molar-refractivity contribution in [2.24, 2.45) is 0 Å². The van der Waals surface area contributed by atoms with Crippen LogP contribution in [0, 0.1) is 13.8 Å². The molecule has 3 rings (SSSR count). The van der Waals surface area contributed by atoms with Gasteiger partial charge in [0.1, 0.15) is 0 Å². The largest absolute Gasteiger partial charge is 0.368 e. The molecule has 2 heterocycles. The highest BCUT2D eigenvalue weighted by molar-refractivity contribution is 5.93. The van der Waals surface area contributed by atoms with E-state index in [0.717, 1.165) is 32.6 Å². The molecule has 2 aromatic rings. The number of nitrogens with one attached hydrogen (secondary N) is 1. The molecule has 1 fully saturated rings. The van der Waals surface area contributed by atoms with Crippen LogP contribution >= 0.6 is 0 Å². The minimum absolute atomic E-state index is 0.00442. The summed E-state index contributed by atoms with van der Waals surface area (Å²) in [5, 5.41) is 3.20.